The van der Waals surface area contributed by atoms with Crippen molar-refractivity contribution in [3.05, 3.63) is 65.0 Å². The van der Waals surface area contributed by atoms with E-state index in [2.05, 4.69) is 5.32 Å². The van der Waals surface area contributed by atoms with Crippen molar-refractivity contribution in [3.8, 4) is 5.75 Å². The lowest BCUT2D eigenvalue weighted by Crippen LogP contribution is -2.51. The van der Waals surface area contributed by atoms with Gasteiger partial charge in [0.2, 0.25) is 5.91 Å². The molecule has 0 bridgehead atoms. The van der Waals surface area contributed by atoms with Crippen molar-refractivity contribution < 1.29 is 31.9 Å². The smallest absolute Gasteiger partial charge is 0.409 e. The van der Waals surface area contributed by atoms with Crippen LogP contribution in [0.25, 0.3) is 11.0 Å². The molecule has 1 aliphatic heterocycles. The van der Waals surface area contributed by atoms with Crippen molar-refractivity contribution in [2.75, 3.05) is 16.8 Å². The van der Waals surface area contributed by atoms with E-state index in [0.29, 0.717) is 10.3 Å². The van der Waals surface area contributed by atoms with Gasteiger partial charge in [0.1, 0.15) is 17.4 Å². The molecule has 31 heavy (non-hydrogen) atoms. The number of para-hydroxylation sites is 2. The number of nitrogens with zero attached hydrogens (tertiary/aromatic N) is 1. The Morgan fingerprint density at radius 1 is 1.13 bits per heavy atom. The lowest BCUT2D eigenvalue weighted by molar-refractivity contribution is -0.158. The van der Waals surface area contributed by atoms with Crippen molar-refractivity contribution in [1.82, 2.24) is 0 Å². The predicted molar refractivity (Wildman–Crippen MR) is 105 cm³/mol. The van der Waals surface area contributed by atoms with E-state index < -0.39 is 42.7 Å². The average molecular weight is 432 g/mol. The van der Waals surface area contributed by atoms with Crippen LogP contribution in [-0.2, 0) is 9.59 Å². The Balaban J connectivity index is 1.63. The van der Waals surface area contributed by atoms with E-state index in [1.54, 1.807) is 12.1 Å². The van der Waals surface area contributed by atoms with Gasteiger partial charge in [0.05, 0.1) is 17.8 Å². The van der Waals surface area contributed by atoms with Crippen molar-refractivity contribution in [2.45, 2.75) is 18.6 Å². The van der Waals surface area contributed by atoms with Gasteiger partial charge in [-0.25, -0.2) is 4.79 Å². The van der Waals surface area contributed by atoms with Gasteiger partial charge in [-0.1, -0.05) is 12.1 Å². The van der Waals surface area contributed by atoms with Crippen LogP contribution in [0.2, 0.25) is 0 Å². The molecule has 2 aromatic carbocycles. The molecule has 0 unspecified atom stereocenters. The third-order valence-corrected chi connectivity index (χ3v) is 4.73. The van der Waals surface area contributed by atoms with Crippen molar-refractivity contribution in [1.29, 1.82) is 0 Å². The molecule has 1 atom stereocenters. The van der Waals surface area contributed by atoms with Crippen molar-refractivity contribution in [3.63, 3.8) is 0 Å². The van der Waals surface area contributed by atoms with Gasteiger partial charge in [-0.3, -0.25) is 14.5 Å². The standard InChI is InChI=1S/C21H15F3N2O5/c22-21(23,24)17-10-18(27)25-14-3-1-2-4-15(14)26(17)19(28)11-30-13-7-5-12-6-8-20(29)31-16(12)9-13/h1-9,17H,10-11H2,(H,25,27)/t17-/m0/s1. The van der Waals surface area contributed by atoms with Crippen LogP contribution >= 0.6 is 0 Å². The van der Waals surface area contributed by atoms with E-state index >= 15 is 0 Å². The zero-order valence-corrected chi connectivity index (χ0v) is 15.8. The molecule has 0 spiro atoms. The Kier molecular flexibility index (Phi) is 5.14. The number of ether oxygens (including phenoxy) is 1. The number of carbonyl (C=O) groups excluding carboxylic acids is 2. The molecule has 160 valence electrons. The number of benzene rings is 2. The lowest BCUT2D eigenvalue weighted by atomic mass is 10.1. The van der Waals surface area contributed by atoms with E-state index in [4.69, 9.17) is 9.15 Å². The zero-order chi connectivity index (χ0) is 22.2. The first-order chi connectivity index (χ1) is 14.7. The summed E-state index contributed by atoms with van der Waals surface area (Å²) in [5.74, 6) is -1.70. The Morgan fingerprint density at radius 2 is 1.87 bits per heavy atom. The van der Waals surface area contributed by atoms with Crippen LogP contribution in [0.1, 0.15) is 6.42 Å². The molecule has 0 fully saturated rings. The number of anilines is 2. The second-order valence-electron chi connectivity index (χ2n) is 6.83. The molecule has 2 amide bonds. The van der Waals surface area contributed by atoms with Crippen LogP contribution in [0.4, 0.5) is 24.5 Å². The topological polar surface area (TPSA) is 88.8 Å². The number of halogens is 3. The van der Waals surface area contributed by atoms with E-state index in [-0.39, 0.29) is 22.7 Å². The summed E-state index contributed by atoms with van der Waals surface area (Å²) < 4.78 is 51.6. The number of fused-ring (bicyclic) bond motifs is 2. The average Bonchev–Trinajstić information content (AvgIpc) is 2.87. The van der Waals surface area contributed by atoms with Gasteiger partial charge in [0.15, 0.2) is 6.61 Å². The largest absolute Gasteiger partial charge is 0.484 e. The number of rotatable bonds is 3. The van der Waals surface area contributed by atoms with Crippen LogP contribution in [0, 0.1) is 0 Å². The summed E-state index contributed by atoms with van der Waals surface area (Å²) in [6.07, 6.45) is -5.78. The Bertz CT molecular complexity index is 1220. The predicted octanol–water partition coefficient (Wildman–Crippen LogP) is 3.48. The van der Waals surface area contributed by atoms with Gasteiger partial charge in [-0.15, -0.1) is 0 Å². The minimum atomic E-state index is -4.84. The lowest BCUT2D eigenvalue weighted by Gasteiger charge is -2.31. The van der Waals surface area contributed by atoms with E-state index in [9.17, 15) is 27.6 Å². The van der Waals surface area contributed by atoms with Crippen LogP contribution in [0.5, 0.6) is 5.75 Å². The molecular weight excluding hydrogens is 417 g/mol. The maximum absolute atomic E-state index is 13.7. The molecule has 3 aromatic rings. The maximum atomic E-state index is 13.7. The number of carbonyl (C=O) groups is 2. The molecule has 7 nitrogen and oxygen atoms in total. The number of amides is 2. The van der Waals surface area contributed by atoms with E-state index in [1.807, 2.05) is 0 Å². The first-order valence-electron chi connectivity index (χ1n) is 9.17. The molecule has 0 aliphatic carbocycles. The minimum Gasteiger partial charge on any atom is -0.484 e. The first-order valence-corrected chi connectivity index (χ1v) is 9.17. The second kappa shape index (κ2) is 7.78. The Labute approximate surface area is 173 Å². The van der Waals surface area contributed by atoms with Gasteiger partial charge >= 0.3 is 11.8 Å². The Hall–Kier alpha value is -3.82. The van der Waals surface area contributed by atoms with Gasteiger partial charge in [0.25, 0.3) is 5.91 Å². The molecule has 0 saturated heterocycles. The fourth-order valence-electron chi connectivity index (χ4n) is 3.34. The van der Waals surface area contributed by atoms with Crippen molar-refractivity contribution >= 4 is 34.2 Å². The molecular formula is C21H15F3N2O5. The number of alkyl halides is 3. The van der Waals surface area contributed by atoms with Gasteiger partial charge in [-0.2, -0.15) is 13.2 Å². The number of hydrogen-bond donors (Lipinski definition) is 1. The van der Waals surface area contributed by atoms with Crippen LogP contribution < -0.4 is 20.6 Å². The number of hydrogen-bond acceptors (Lipinski definition) is 5. The highest BCUT2D eigenvalue weighted by molar-refractivity contribution is 6.05. The van der Waals surface area contributed by atoms with E-state index in [0.717, 1.165) is 0 Å². The molecule has 1 N–H and O–H groups in total. The number of nitrogens with one attached hydrogen (secondary N) is 1. The normalized spacial score (nSPS) is 16.4. The van der Waals surface area contributed by atoms with Gasteiger partial charge in [0, 0.05) is 17.5 Å². The van der Waals surface area contributed by atoms with Crippen LogP contribution in [-0.4, -0.2) is 30.6 Å². The van der Waals surface area contributed by atoms with E-state index in [1.165, 1.54) is 42.5 Å². The molecule has 4 rings (SSSR count). The summed E-state index contributed by atoms with van der Waals surface area (Å²) in [6.45, 7) is -0.725. The fraction of sp³-hybridized carbons (Fsp3) is 0.190. The third-order valence-electron chi connectivity index (χ3n) is 4.73. The zero-order valence-electron chi connectivity index (χ0n) is 15.8. The monoisotopic (exact) mass is 432 g/mol. The van der Waals surface area contributed by atoms with Crippen LogP contribution in [0.15, 0.2) is 63.8 Å². The molecule has 1 aliphatic rings. The molecule has 2 heterocycles. The quantitative estimate of drug-likeness (QED) is 0.641. The summed E-state index contributed by atoms with van der Waals surface area (Å²) in [4.78, 5) is 36.7. The summed E-state index contributed by atoms with van der Waals surface area (Å²) in [5, 5.41) is 3.01. The fourth-order valence-corrected chi connectivity index (χ4v) is 3.34. The van der Waals surface area contributed by atoms with Crippen molar-refractivity contribution in [2.24, 2.45) is 0 Å². The third kappa shape index (κ3) is 4.23. The highest BCUT2D eigenvalue weighted by Crippen LogP contribution is 2.37. The molecule has 0 saturated carbocycles. The highest BCUT2D eigenvalue weighted by Gasteiger charge is 2.49. The summed E-state index contributed by atoms with van der Waals surface area (Å²) >= 11 is 0. The summed E-state index contributed by atoms with van der Waals surface area (Å²) in [5.41, 5.74) is -0.346. The SMILES string of the molecule is O=C1C[C@@H](C(F)(F)F)N(C(=O)COc2ccc3ccc(=O)oc3c2)c2ccccc2N1. The van der Waals surface area contributed by atoms with Gasteiger partial charge in [-0.05, 0) is 30.3 Å². The minimum absolute atomic E-state index is 0.0752. The maximum Gasteiger partial charge on any atom is 0.409 e. The first kappa shape index (κ1) is 20.5. The van der Waals surface area contributed by atoms with Gasteiger partial charge < -0.3 is 14.5 Å². The second-order valence-corrected chi connectivity index (χ2v) is 6.83. The summed E-state index contributed by atoms with van der Waals surface area (Å²) in [6, 6.07) is 10.6. The molecule has 1 aromatic heterocycles. The Morgan fingerprint density at radius 3 is 2.65 bits per heavy atom. The summed E-state index contributed by atoms with van der Waals surface area (Å²) in [7, 11) is 0. The molecule has 10 heteroatoms. The molecule has 0 radical (unpaired) electrons. The highest BCUT2D eigenvalue weighted by atomic mass is 19.4. The van der Waals surface area contributed by atoms with Crippen LogP contribution in [0.3, 0.4) is 0 Å².